The van der Waals surface area contributed by atoms with Gasteiger partial charge in [-0.1, -0.05) is 18.2 Å². The topological polar surface area (TPSA) is 47.9 Å². The maximum atomic E-state index is 10.7. The zero-order chi connectivity index (χ0) is 15.2. The number of aliphatic hydroxyl groups is 1. The molecule has 1 atom stereocenters. The fourth-order valence-corrected chi connectivity index (χ4v) is 2.21. The largest absolute Gasteiger partial charge is 0.497 e. The molecule has 0 saturated heterocycles. The number of para-hydroxylation sites is 1. The normalized spacial score (nSPS) is 11.8. The van der Waals surface area contributed by atoms with E-state index in [4.69, 9.17) is 14.2 Å². The van der Waals surface area contributed by atoms with Crippen LogP contribution in [0.1, 0.15) is 24.2 Å². The Kier molecular flexibility index (Phi) is 5.06. The zero-order valence-electron chi connectivity index (χ0n) is 12.5. The Balaban J connectivity index is 2.42. The van der Waals surface area contributed by atoms with E-state index in [0.29, 0.717) is 35.0 Å². The van der Waals surface area contributed by atoms with Crippen LogP contribution in [0, 0.1) is 0 Å². The Bertz CT molecular complexity index is 595. The Hall–Kier alpha value is -2.20. The Labute approximate surface area is 124 Å². The monoisotopic (exact) mass is 288 g/mol. The van der Waals surface area contributed by atoms with Gasteiger partial charge in [0.25, 0.3) is 0 Å². The average Bonchev–Trinajstić information content (AvgIpc) is 2.54. The van der Waals surface area contributed by atoms with Gasteiger partial charge in [0.15, 0.2) is 0 Å². The summed E-state index contributed by atoms with van der Waals surface area (Å²) < 4.78 is 16.1. The van der Waals surface area contributed by atoms with Gasteiger partial charge in [0.2, 0.25) is 0 Å². The van der Waals surface area contributed by atoms with Crippen molar-refractivity contribution in [3.8, 4) is 17.2 Å². The Morgan fingerprint density at radius 1 is 0.952 bits per heavy atom. The number of hydrogen-bond donors (Lipinski definition) is 1. The molecule has 0 aliphatic heterocycles. The summed E-state index contributed by atoms with van der Waals surface area (Å²) in [5.41, 5.74) is 1.38. The van der Waals surface area contributed by atoms with E-state index in [9.17, 15) is 5.11 Å². The highest BCUT2D eigenvalue weighted by Gasteiger charge is 2.19. The SMILES string of the molecule is CCOc1ccccc1C(O)c1ccc(OC)cc1OC. The molecule has 2 rings (SSSR count). The predicted octanol–water partition coefficient (Wildman–Crippen LogP) is 3.18. The quantitative estimate of drug-likeness (QED) is 0.887. The van der Waals surface area contributed by atoms with Gasteiger partial charge in [-0.3, -0.25) is 0 Å². The first-order valence-electron chi connectivity index (χ1n) is 6.83. The van der Waals surface area contributed by atoms with Crippen molar-refractivity contribution in [3.63, 3.8) is 0 Å². The van der Waals surface area contributed by atoms with Gasteiger partial charge in [-0.2, -0.15) is 0 Å². The molecule has 21 heavy (non-hydrogen) atoms. The number of hydrogen-bond acceptors (Lipinski definition) is 4. The lowest BCUT2D eigenvalue weighted by molar-refractivity contribution is 0.207. The Morgan fingerprint density at radius 2 is 1.67 bits per heavy atom. The van der Waals surface area contributed by atoms with Gasteiger partial charge in [-0.15, -0.1) is 0 Å². The molecule has 0 aliphatic carbocycles. The summed E-state index contributed by atoms with van der Waals surface area (Å²) in [6, 6.07) is 12.8. The van der Waals surface area contributed by atoms with E-state index in [1.807, 2.05) is 31.2 Å². The number of aliphatic hydroxyl groups excluding tert-OH is 1. The van der Waals surface area contributed by atoms with Crippen LogP contribution in [0.2, 0.25) is 0 Å². The molecule has 2 aromatic rings. The van der Waals surface area contributed by atoms with E-state index >= 15 is 0 Å². The van der Waals surface area contributed by atoms with Crippen LogP contribution in [0.4, 0.5) is 0 Å². The standard InChI is InChI=1S/C17H20O4/c1-4-21-15-8-6-5-7-13(15)17(18)14-10-9-12(19-2)11-16(14)20-3/h5-11,17-18H,4H2,1-3H3. The van der Waals surface area contributed by atoms with Crippen molar-refractivity contribution in [1.82, 2.24) is 0 Å². The molecule has 1 N–H and O–H groups in total. The minimum Gasteiger partial charge on any atom is -0.497 e. The molecule has 0 amide bonds. The van der Waals surface area contributed by atoms with E-state index in [1.165, 1.54) is 0 Å². The summed E-state index contributed by atoms with van der Waals surface area (Å²) >= 11 is 0. The summed E-state index contributed by atoms with van der Waals surface area (Å²) in [6.45, 7) is 2.46. The molecule has 0 spiro atoms. The molecule has 1 unspecified atom stereocenters. The number of ether oxygens (including phenoxy) is 3. The van der Waals surface area contributed by atoms with E-state index in [0.717, 1.165) is 0 Å². The Morgan fingerprint density at radius 3 is 2.33 bits per heavy atom. The number of benzene rings is 2. The maximum Gasteiger partial charge on any atom is 0.128 e. The van der Waals surface area contributed by atoms with Gasteiger partial charge in [0.1, 0.15) is 23.4 Å². The smallest absolute Gasteiger partial charge is 0.128 e. The van der Waals surface area contributed by atoms with Crippen molar-refractivity contribution in [1.29, 1.82) is 0 Å². The molecule has 0 aromatic heterocycles. The van der Waals surface area contributed by atoms with Gasteiger partial charge in [0, 0.05) is 17.2 Å². The number of methoxy groups -OCH3 is 2. The van der Waals surface area contributed by atoms with Crippen LogP contribution in [0.25, 0.3) is 0 Å². The maximum absolute atomic E-state index is 10.7. The van der Waals surface area contributed by atoms with Crippen molar-refractivity contribution in [2.45, 2.75) is 13.0 Å². The molecule has 112 valence electrons. The molecule has 0 heterocycles. The lowest BCUT2D eigenvalue weighted by Crippen LogP contribution is -2.05. The summed E-state index contributed by atoms with van der Waals surface area (Å²) in [4.78, 5) is 0. The first-order chi connectivity index (χ1) is 10.2. The first kappa shape index (κ1) is 15.2. The minimum absolute atomic E-state index is 0.545. The highest BCUT2D eigenvalue weighted by molar-refractivity contribution is 5.48. The summed E-state index contributed by atoms with van der Waals surface area (Å²) in [5.74, 6) is 1.93. The van der Waals surface area contributed by atoms with Crippen LogP contribution in [0.5, 0.6) is 17.2 Å². The third kappa shape index (κ3) is 3.28. The van der Waals surface area contributed by atoms with Crippen LogP contribution in [-0.2, 0) is 0 Å². The van der Waals surface area contributed by atoms with Gasteiger partial charge in [0.05, 0.1) is 20.8 Å². The molecule has 2 aromatic carbocycles. The second-order valence-corrected chi connectivity index (χ2v) is 4.48. The fourth-order valence-electron chi connectivity index (χ4n) is 2.21. The molecule has 0 fully saturated rings. The van der Waals surface area contributed by atoms with Crippen molar-refractivity contribution in [2.75, 3.05) is 20.8 Å². The van der Waals surface area contributed by atoms with E-state index < -0.39 is 6.10 Å². The summed E-state index contributed by atoms with van der Waals surface area (Å²) in [5, 5.41) is 10.7. The van der Waals surface area contributed by atoms with Gasteiger partial charge < -0.3 is 19.3 Å². The predicted molar refractivity (Wildman–Crippen MR) is 81.2 cm³/mol. The van der Waals surface area contributed by atoms with Crippen molar-refractivity contribution in [3.05, 3.63) is 53.6 Å². The molecule has 0 aliphatic rings. The van der Waals surface area contributed by atoms with Gasteiger partial charge in [-0.05, 0) is 25.1 Å². The van der Waals surface area contributed by atoms with Crippen LogP contribution in [0.15, 0.2) is 42.5 Å². The van der Waals surface area contributed by atoms with Crippen LogP contribution < -0.4 is 14.2 Å². The third-order valence-electron chi connectivity index (χ3n) is 3.25. The van der Waals surface area contributed by atoms with Crippen molar-refractivity contribution in [2.24, 2.45) is 0 Å². The van der Waals surface area contributed by atoms with Gasteiger partial charge in [-0.25, -0.2) is 0 Å². The number of rotatable bonds is 6. The van der Waals surface area contributed by atoms with Gasteiger partial charge >= 0.3 is 0 Å². The van der Waals surface area contributed by atoms with E-state index in [1.54, 1.807) is 32.4 Å². The van der Waals surface area contributed by atoms with Crippen LogP contribution >= 0.6 is 0 Å². The molecule has 4 heteroatoms. The zero-order valence-corrected chi connectivity index (χ0v) is 12.5. The van der Waals surface area contributed by atoms with E-state index in [2.05, 4.69) is 0 Å². The molecule has 0 bridgehead atoms. The minimum atomic E-state index is -0.825. The summed E-state index contributed by atoms with van der Waals surface area (Å²) in [7, 11) is 3.16. The van der Waals surface area contributed by atoms with Crippen LogP contribution in [-0.4, -0.2) is 25.9 Å². The fraction of sp³-hybridized carbons (Fsp3) is 0.294. The van der Waals surface area contributed by atoms with Crippen molar-refractivity contribution < 1.29 is 19.3 Å². The molecule has 4 nitrogen and oxygen atoms in total. The second-order valence-electron chi connectivity index (χ2n) is 4.48. The third-order valence-corrected chi connectivity index (χ3v) is 3.25. The first-order valence-corrected chi connectivity index (χ1v) is 6.83. The average molecular weight is 288 g/mol. The molecular weight excluding hydrogens is 268 g/mol. The van der Waals surface area contributed by atoms with Crippen molar-refractivity contribution >= 4 is 0 Å². The second kappa shape index (κ2) is 6.99. The highest BCUT2D eigenvalue weighted by Crippen LogP contribution is 2.36. The van der Waals surface area contributed by atoms with E-state index in [-0.39, 0.29) is 0 Å². The molecular formula is C17H20O4. The molecule has 0 radical (unpaired) electrons. The highest BCUT2D eigenvalue weighted by atomic mass is 16.5. The lowest BCUT2D eigenvalue weighted by Gasteiger charge is -2.18. The summed E-state index contributed by atoms with van der Waals surface area (Å²) in [6.07, 6.45) is -0.825. The lowest BCUT2D eigenvalue weighted by atomic mass is 9.99. The van der Waals surface area contributed by atoms with Crippen LogP contribution in [0.3, 0.4) is 0 Å². The molecule has 0 saturated carbocycles.